The molecule has 34 heavy (non-hydrogen) atoms. The van der Waals surface area contributed by atoms with Crippen molar-refractivity contribution in [2.45, 2.75) is 5.16 Å². The lowest BCUT2D eigenvalue weighted by molar-refractivity contribution is -0.255. The van der Waals surface area contributed by atoms with Crippen LogP contribution in [-0.4, -0.2) is 36.8 Å². The molecule has 1 N–H and O–H groups in total. The molecule has 2 heterocycles. The third-order valence-electron chi connectivity index (χ3n) is 5.12. The van der Waals surface area contributed by atoms with Gasteiger partial charge >= 0.3 is 0 Å². The van der Waals surface area contributed by atoms with Crippen LogP contribution in [0.25, 0.3) is 22.4 Å². The maximum absolute atomic E-state index is 13.3. The minimum Gasteiger partial charge on any atom is -0.545 e. The Labute approximate surface area is 196 Å². The first-order valence-electron chi connectivity index (χ1n) is 10.2. The number of para-hydroxylation sites is 2. The molecule has 0 saturated heterocycles. The van der Waals surface area contributed by atoms with E-state index in [1.54, 1.807) is 28.7 Å². The van der Waals surface area contributed by atoms with Crippen LogP contribution in [0.5, 0.6) is 0 Å². The van der Waals surface area contributed by atoms with Crippen LogP contribution < -0.4 is 16.0 Å². The van der Waals surface area contributed by atoms with Gasteiger partial charge in [-0.15, -0.1) is 10.2 Å². The summed E-state index contributed by atoms with van der Waals surface area (Å²) in [5.41, 5.74) is 1.38. The third kappa shape index (κ3) is 3.90. The smallest absolute Gasteiger partial charge is 0.267 e. The van der Waals surface area contributed by atoms with E-state index in [-0.39, 0.29) is 22.8 Å². The van der Waals surface area contributed by atoms with Gasteiger partial charge in [0, 0.05) is 5.69 Å². The largest absolute Gasteiger partial charge is 0.545 e. The van der Waals surface area contributed by atoms with Gasteiger partial charge in [0.2, 0.25) is 11.7 Å². The van der Waals surface area contributed by atoms with Gasteiger partial charge in [0.25, 0.3) is 5.56 Å². The predicted octanol–water partition coefficient (Wildman–Crippen LogP) is 2.13. The molecule has 0 fully saturated rings. The Hall–Kier alpha value is -4.44. The molecule has 0 aliphatic rings. The van der Waals surface area contributed by atoms with Crippen molar-refractivity contribution >= 4 is 46.0 Å². The summed E-state index contributed by atoms with van der Waals surface area (Å²) < 4.78 is 3.24. The third-order valence-corrected chi connectivity index (χ3v) is 6.05. The number of nitrogens with zero attached hydrogens (tertiary/aromatic N) is 4. The molecule has 0 atom stereocenters. The fourth-order valence-electron chi connectivity index (χ4n) is 3.63. The number of fused-ring (bicyclic) bond motifs is 3. The van der Waals surface area contributed by atoms with Gasteiger partial charge in [0.05, 0.1) is 28.3 Å². The molecule has 0 spiro atoms. The van der Waals surface area contributed by atoms with Gasteiger partial charge in [-0.1, -0.05) is 54.2 Å². The van der Waals surface area contributed by atoms with Crippen molar-refractivity contribution in [3.05, 3.63) is 94.8 Å². The highest BCUT2D eigenvalue weighted by atomic mass is 32.2. The zero-order valence-corrected chi connectivity index (χ0v) is 18.4. The summed E-state index contributed by atoms with van der Waals surface area (Å²) >= 11 is 1.15. The number of benzene rings is 3. The zero-order valence-electron chi connectivity index (χ0n) is 17.5. The van der Waals surface area contributed by atoms with Gasteiger partial charge in [0.1, 0.15) is 0 Å². The monoisotopic (exact) mass is 470 g/mol. The number of aromatic carboxylic acids is 1. The molecule has 0 radical (unpaired) electrons. The molecule has 5 aromatic rings. The highest BCUT2D eigenvalue weighted by Crippen LogP contribution is 2.23. The Bertz CT molecular complexity index is 1610. The van der Waals surface area contributed by atoms with Crippen molar-refractivity contribution in [3.8, 4) is 5.69 Å². The second-order valence-corrected chi connectivity index (χ2v) is 8.26. The van der Waals surface area contributed by atoms with E-state index in [9.17, 15) is 19.5 Å². The lowest BCUT2D eigenvalue weighted by Gasteiger charge is -2.11. The molecule has 2 aromatic heterocycles. The maximum atomic E-state index is 13.3. The fraction of sp³-hybridized carbons (Fsp3) is 0.0417. The number of hydrogen-bond donors (Lipinski definition) is 1. The SMILES string of the molecule is O=C(CSc1nnc2n(-c3ccccc3)c(=O)c3ccccc3n12)Nc1cccc(C(=O)[O-])c1. The minimum absolute atomic E-state index is 0.00483. The summed E-state index contributed by atoms with van der Waals surface area (Å²) in [6.07, 6.45) is 0. The molecule has 168 valence electrons. The van der Waals surface area contributed by atoms with Gasteiger partial charge in [-0.25, -0.2) is 4.57 Å². The van der Waals surface area contributed by atoms with E-state index in [2.05, 4.69) is 15.5 Å². The fourth-order valence-corrected chi connectivity index (χ4v) is 4.37. The number of thioether (sulfide) groups is 1. The Morgan fingerprint density at radius 1 is 0.941 bits per heavy atom. The topological polar surface area (TPSA) is 121 Å². The second-order valence-electron chi connectivity index (χ2n) is 7.32. The van der Waals surface area contributed by atoms with Crippen molar-refractivity contribution in [1.82, 2.24) is 19.2 Å². The van der Waals surface area contributed by atoms with E-state index in [1.807, 2.05) is 36.4 Å². The van der Waals surface area contributed by atoms with Crippen molar-refractivity contribution < 1.29 is 14.7 Å². The highest BCUT2D eigenvalue weighted by molar-refractivity contribution is 7.99. The van der Waals surface area contributed by atoms with Crippen molar-refractivity contribution in [1.29, 1.82) is 0 Å². The van der Waals surface area contributed by atoms with Crippen molar-refractivity contribution in [2.75, 3.05) is 11.1 Å². The summed E-state index contributed by atoms with van der Waals surface area (Å²) in [5.74, 6) is -1.34. The average Bonchev–Trinajstić information content (AvgIpc) is 3.27. The van der Waals surface area contributed by atoms with E-state index in [0.717, 1.165) is 11.8 Å². The Balaban J connectivity index is 1.50. The Morgan fingerprint density at radius 2 is 1.71 bits per heavy atom. The van der Waals surface area contributed by atoms with E-state index in [1.165, 1.54) is 22.8 Å². The van der Waals surface area contributed by atoms with Crippen LogP contribution in [0.1, 0.15) is 10.4 Å². The van der Waals surface area contributed by atoms with Gasteiger partial charge in [-0.2, -0.15) is 0 Å². The number of amides is 1. The Kier molecular flexibility index (Phi) is 5.56. The van der Waals surface area contributed by atoms with Crippen LogP contribution in [0.4, 0.5) is 5.69 Å². The molecule has 3 aromatic carbocycles. The van der Waals surface area contributed by atoms with Crippen LogP contribution in [0.15, 0.2) is 88.8 Å². The number of carboxylic acid groups (broad SMARTS) is 1. The summed E-state index contributed by atoms with van der Waals surface area (Å²) in [5, 5.41) is 23.1. The minimum atomic E-state index is -1.32. The van der Waals surface area contributed by atoms with Crippen LogP contribution in [0.2, 0.25) is 0 Å². The van der Waals surface area contributed by atoms with E-state index in [4.69, 9.17) is 0 Å². The van der Waals surface area contributed by atoms with Gasteiger partial charge in [-0.3, -0.25) is 14.0 Å². The molecule has 0 aliphatic carbocycles. The van der Waals surface area contributed by atoms with Crippen molar-refractivity contribution in [2.24, 2.45) is 0 Å². The maximum Gasteiger partial charge on any atom is 0.267 e. The number of nitrogens with one attached hydrogen (secondary N) is 1. The summed E-state index contributed by atoms with van der Waals surface area (Å²) in [6, 6.07) is 22.1. The molecular formula is C24H16N5O4S-. The summed E-state index contributed by atoms with van der Waals surface area (Å²) in [7, 11) is 0. The standard InChI is InChI=1S/C24H17N5O4S/c30-20(25-16-8-6-7-15(13-16)22(32)33)14-34-24-27-26-23-28(17-9-2-1-3-10-17)21(31)18-11-4-5-12-19(18)29(23)24/h1-13H,14H2,(H,25,30)(H,32,33)/p-1. The number of anilines is 1. The summed E-state index contributed by atoms with van der Waals surface area (Å²) in [6.45, 7) is 0. The van der Waals surface area contributed by atoms with E-state index >= 15 is 0 Å². The molecule has 10 heteroatoms. The van der Waals surface area contributed by atoms with Crippen LogP contribution in [0.3, 0.4) is 0 Å². The zero-order chi connectivity index (χ0) is 23.7. The van der Waals surface area contributed by atoms with Crippen LogP contribution >= 0.6 is 11.8 Å². The van der Waals surface area contributed by atoms with E-state index < -0.39 is 5.97 Å². The number of rotatable bonds is 6. The van der Waals surface area contributed by atoms with Gasteiger partial charge in [0.15, 0.2) is 5.16 Å². The molecule has 0 bridgehead atoms. The molecule has 0 unspecified atom stereocenters. The molecule has 1 amide bonds. The second kappa shape index (κ2) is 8.83. The number of carbonyl (C=O) groups excluding carboxylic acids is 2. The number of carboxylic acids is 1. The first-order chi connectivity index (χ1) is 16.5. The van der Waals surface area contributed by atoms with Gasteiger partial charge < -0.3 is 15.2 Å². The molecule has 9 nitrogen and oxygen atoms in total. The normalized spacial score (nSPS) is 11.1. The number of carbonyl (C=O) groups is 2. The highest BCUT2D eigenvalue weighted by Gasteiger charge is 2.18. The molecule has 0 aliphatic heterocycles. The molecule has 0 saturated carbocycles. The number of hydrogen-bond acceptors (Lipinski definition) is 7. The van der Waals surface area contributed by atoms with Crippen molar-refractivity contribution in [3.63, 3.8) is 0 Å². The Morgan fingerprint density at radius 3 is 2.50 bits per heavy atom. The average molecular weight is 470 g/mol. The van der Waals surface area contributed by atoms with Crippen LogP contribution in [-0.2, 0) is 4.79 Å². The van der Waals surface area contributed by atoms with Crippen LogP contribution in [0, 0.1) is 0 Å². The van der Waals surface area contributed by atoms with Gasteiger partial charge in [-0.05, 0) is 42.0 Å². The molecule has 5 rings (SSSR count). The lowest BCUT2D eigenvalue weighted by atomic mass is 10.2. The van der Waals surface area contributed by atoms with E-state index in [0.29, 0.717) is 33.2 Å². The quantitative estimate of drug-likeness (QED) is 0.377. The number of aromatic nitrogens is 4. The lowest BCUT2D eigenvalue weighted by Crippen LogP contribution is -2.22. The first-order valence-corrected chi connectivity index (χ1v) is 11.2. The predicted molar refractivity (Wildman–Crippen MR) is 126 cm³/mol. The first kappa shape index (κ1) is 21.4. The summed E-state index contributed by atoms with van der Waals surface area (Å²) in [4.78, 5) is 36.8. The molecular weight excluding hydrogens is 454 g/mol.